The molecule has 2 aromatic rings. The molecule has 2 aliphatic rings. The SMILES string of the molecule is c1csc(C(CNc2nnc(C3CC3)s2)N2CCOCC2)c1. The number of hydrogen-bond donors (Lipinski definition) is 1. The number of nitrogens with zero attached hydrogens (tertiary/aromatic N) is 3. The van der Waals surface area contributed by atoms with E-state index in [1.165, 1.54) is 22.7 Å². The van der Waals surface area contributed by atoms with Crippen molar-refractivity contribution in [1.29, 1.82) is 0 Å². The molecule has 1 atom stereocenters. The molecule has 118 valence electrons. The van der Waals surface area contributed by atoms with Gasteiger partial charge in [-0.15, -0.1) is 21.5 Å². The molecule has 1 N–H and O–H groups in total. The maximum absolute atomic E-state index is 5.49. The zero-order valence-electron chi connectivity index (χ0n) is 12.4. The second-order valence-corrected chi connectivity index (χ2v) is 7.77. The lowest BCUT2D eigenvalue weighted by molar-refractivity contribution is 0.0194. The summed E-state index contributed by atoms with van der Waals surface area (Å²) < 4.78 is 5.49. The van der Waals surface area contributed by atoms with Crippen LogP contribution in [0.3, 0.4) is 0 Å². The zero-order chi connectivity index (χ0) is 14.8. The number of anilines is 1. The van der Waals surface area contributed by atoms with Crippen LogP contribution >= 0.6 is 22.7 Å². The molecule has 4 rings (SSSR count). The molecule has 2 aromatic heterocycles. The number of aromatic nitrogens is 2. The molecule has 3 heterocycles. The van der Waals surface area contributed by atoms with Crippen LogP contribution in [0.25, 0.3) is 0 Å². The van der Waals surface area contributed by atoms with E-state index >= 15 is 0 Å². The predicted octanol–water partition coefficient (Wildman–Crippen LogP) is 2.96. The maximum atomic E-state index is 5.49. The third-order valence-electron chi connectivity index (χ3n) is 4.17. The van der Waals surface area contributed by atoms with Crippen LogP contribution < -0.4 is 5.32 Å². The van der Waals surface area contributed by atoms with Crippen LogP contribution in [0.1, 0.15) is 34.7 Å². The van der Waals surface area contributed by atoms with Gasteiger partial charge in [-0.05, 0) is 24.3 Å². The minimum absolute atomic E-state index is 0.386. The Balaban J connectivity index is 1.43. The van der Waals surface area contributed by atoms with Gasteiger partial charge in [0.1, 0.15) is 5.01 Å². The van der Waals surface area contributed by atoms with Gasteiger partial charge in [-0.3, -0.25) is 4.90 Å². The van der Waals surface area contributed by atoms with Gasteiger partial charge in [0.15, 0.2) is 0 Å². The van der Waals surface area contributed by atoms with E-state index in [0.717, 1.165) is 38.0 Å². The molecule has 1 aliphatic heterocycles. The summed E-state index contributed by atoms with van der Waals surface area (Å²) >= 11 is 3.54. The van der Waals surface area contributed by atoms with Gasteiger partial charge in [0, 0.05) is 30.4 Å². The number of thiophene rings is 1. The van der Waals surface area contributed by atoms with Crippen molar-refractivity contribution < 1.29 is 4.74 Å². The van der Waals surface area contributed by atoms with E-state index < -0.39 is 0 Å². The summed E-state index contributed by atoms with van der Waals surface area (Å²) in [5.41, 5.74) is 0. The summed E-state index contributed by atoms with van der Waals surface area (Å²) in [6.45, 7) is 4.51. The van der Waals surface area contributed by atoms with Crippen LogP contribution in [0.15, 0.2) is 17.5 Å². The van der Waals surface area contributed by atoms with Gasteiger partial charge in [-0.2, -0.15) is 0 Å². The van der Waals surface area contributed by atoms with Crippen molar-refractivity contribution in [2.24, 2.45) is 0 Å². The summed E-state index contributed by atoms with van der Waals surface area (Å²) in [5.74, 6) is 0.681. The first-order valence-corrected chi connectivity index (χ1v) is 9.52. The first kappa shape index (κ1) is 14.6. The van der Waals surface area contributed by atoms with Gasteiger partial charge in [0.2, 0.25) is 5.13 Å². The number of nitrogens with one attached hydrogen (secondary N) is 1. The number of ether oxygens (including phenoxy) is 1. The molecular formula is C15H20N4OS2. The lowest BCUT2D eigenvalue weighted by Crippen LogP contribution is -2.41. The van der Waals surface area contributed by atoms with Crippen LogP contribution in [0, 0.1) is 0 Å². The molecule has 0 bridgehead atoms. The molecule has 0 aromatic carbocycles. The van der Waals surface area contributed by atoms with E-state index in [-0.39, 0.29) is 0 Å². The molecule has 1 unspecified atom stereocenters. The van der Waals surface area contributed by atoms with Crippen LogP contribution in [-0.2, 0) is 4.74 Å². The summed E-state index contributed by atoms with van der Waals surface area (Å²) in [6, 6.07) is 4.74. The highest BCUT2D eigenvalue weighted by Gasteiger charge is 2.28. The van der Waals surface area contributed by atoms with Crippen LogP contribution in [0.4, 0.5) is 5.13 Å². The van der Waals surface area contributed by atoms with Gasteiger partial charge in [0.05, 0.1) is 19.3 Å². The van der Waals surface area contributed by atoms with E-state index in [2.05, 4.69) is 37.9 Å². The fraction of sp³-hybridized carbons (Fsp3) is 0.600. The van der Waals surface area contributed by atoms with Crippen molar-refractivity contribution in [3.63, 3.8) is 0 Å². The van der Waals surface area contributed by atoms with E-state index in [1.807, 2.05) is 11.3 Å². The first-order valence-electron chi connectivity index (χ1n) is 7.82. The Kier molecular flexibility index (Phi) is 4.38. The topological polar surface area (TPSA) is 50.3 Å². The Labute approximate surface area is 138 Å². The Morgan fingerprint density at radius 3 is 2.91 bits per heavy atom. The van der Waals surface area contributed by atoms with Crippen LogP contribution in [0.2, 0.25) is 0 Å². The number of morpholine rings is 1. The Morgan fingerprint density at radius 2 is 2.18 bits per heavy atom. The molecule has 0 radical (unpaired) electrons. The minimum Gasteiger partial charge on any atom is -0.379 e. The molecular weight excluding hydrogens is 316 g/mol. The fourth-order valence-corrected chi connectivity index (χ4v) is 4.55. The number of hydrogen-bond acceptors (Lipinski definition) is 7. The number of rotatable bonds is 6. The third kappa shape index (κ3) is 3.32. The molecule has 1 saturated heterocycles. The van der Waals surface area contributed by atoms with Crippen LogP contribution in [0.5, 0.6) is 0 Å². The molecule has 0 amide bonds. The standard InChI is InChI=1S/C15H20N4OS2/c1-2-13(21-9-1)12(19-5-7-20-8-6-19)10-16-15-18-17-14(22-15)11-3-4-11/h1-2,9,11-12H,3-8,10H2,(H,16,18). The zero-order valence-corrected chi connectivity index (χ0v) is 14.0. The van der Waals surface area contributed by atoms with Gasteiger partial charge in [-0.25, -0.2) is 0 Å². The largest absolute Gasteiger partial charge is 0.379 e. The summed E-state index contributed by atoms with van der Waals surface area (Å²) in [6.07, 6.45) is 2.56. The Morgan fingerprint density at radius 1 is 1.32 bits per heavy atom. The monoisotopic (exact) mass is 336 g/mol. The molecule has 7 heteroatoms. The van der Waals surface area contributed by atoms with Crippen molar-refractivity contribution >= 4 is 27.8 Å². The van der Waals surface area contributed by atoms with E-state index in [4.69, 9.17) is 4.74 Å². The smallest absolute Gasteiger partial charge is 0.205 e. The Hall–Kier alpha value is -1.02. The molecule has 1 aliphatic carbocycles. The van der Waals surface area contributed by atoms with Gasteiger partial charge in [-0.1, -0.05) is 17.4 Å². The second kappa shape index (κ2) is 6.62. The quantitative estimate of drug-likeness (QED) is 0.879. The van der Waals surface area contributed by atoms with Crippen molar-refractivity contribution in [2.45, 2.75) is 24.8 Å². The lowest BCUT2D eigenvalue weighted by Gasteiger charge is -2.34. The molecule has 1 saturated carbocycles. The maximum Gasteiger partial charge on any atom is 0.205 e. The average molecular weight is 336 g/mol. The Bertz CT molecular complexity index is 590. The summed E-state index contributed by atoms with van der Waals surface area (Å²) in [5, 5.41) is 16.4. The van der Waals surface area contributed by atoms with Crippen molar-refractivity contribution in [3.8, 4) is 0 Å². The summed E-state index contributed by atoms with van der Waals surface area (Å²) in [7, 11) is 0. The van der Waals surface area contributed by atoms with Crippen molar-refractivity contribution in [2.75, 3.05) is 38.2 Å². The minimum atomic E-state index is 0.386. The van der Waals surface area contributed by atoms with Gasteiger partial charge in [0.25, 0.3) is 0 Å². The predicted molar refractivity (Wildman–Crippen MR) is 89.8 cm³/mol. The molecule has 22 heavy (non-hydrogen) atoms. The van der Waals surface area contributed by atoms with E-state index in [0.29, 0.717) is 12.0 Å². The average Bonchev–Trinajstić information content (AvgIpc) is 3.08. The molecule has 0 spiro atoms. The van der Waals surface area contributed by atoms with Gasteiger partial charge >= 0.3 is 0 Å². The fourth-order valence-electron chi connectivity index (χ4n) is 2.76. The normalized spacial score (nSPS) is 20.9. The van der Waals surface area contributed by atoms with Crippen molar-refractivity contribution in [1.82, 2.24) is 15.1 Å². The van der Waals surface area contributed by atoms with E-state index in [1.54, 1.807) is 11.3 Å². The highest BCUT2D eigenvalue weighted by Crippen LogP contribution is 2.42. The van der Waals surface area contributed by atoms with E-state index in [9.17, 15) is 0 Å². The first-order chi connectivity index (χ1) is 10.9. The highest BCUT2D eigenvalue weighted by atomic mass is 32.1. The molecule has 5 nitrogen and oxygen atoms in total. The van der Waals surface area contributed by atoms with Gasteiger partial charge < -0.3 is 10.1 Å². The second-order valence-electron chi connectivity index (χ2n) is 5.78. The summed E-state index contributed by atoms with van der Waals surface area (Å²) in [4.78, 5) is 3.91. The lowest BCUT2D eigenvalue weighted by atomic mass is 10.2. The third-order valence-corrected chi connectivity index (χ3v) is 6.19. The van der Waals surface area contributed by atoms with Crippen LogP contribution in [-0.4, -0.2) is 47.9 Å². The van der Waals surface area contributed by atoms with Crippen molar-refractivity contribution in [3.05, 3.63) is 27.4 Å². The molecule has 2 fully saturated rings. The highest BCUT2D eigenvalue weighted by molar-refractivity contribution is 7.15.